The molecule has 1 unspecified atom stereocenters. The molecule has 0 radical (unpaired) electrons. The fourth-order valence-electron chi connectivity index (χ4n) is 3.23. The first kappa shape index (κ1) is 18.0. The third kappa shape index (κ3) is 3.07. The van der Waals surface area contributed by atoms with Crippen LogP contribution in [0.15, 0.2) is 47.4 Å². The van der Waals surface area contributed by atoms with E-state index < -0.39 is 32.5 Å². The number of halogens is 2. The van der Waals surface area contributed by atoms with Gasteiger partial charge in [0.1, 0.15) is 16.4 Å². The first-order chi connectivity index (χ1) is 11.8. The normalized spacial score (nSPS) is 24.2. The number of sulfone groups is 1. The average molecular weight is 368 g/mol. The van der Waals surface area contributed by atoms with Gasteiger partial charge in [-0.25, -0.2) is 17.2 Å². The van der Waals surface area contributed by atoms with Crippen LogP contribution in [0.4, 0.5) is 8.78 Å². The number of benzene rings is 2. The number of rotatable bonds is 3. The lowest BCUT2D eigenvalue weighted by Crippen LogP contribution is -2.45. The number of aliphatic hydroxyl groups excluding tert-OH is 1. The number of aryl methyl sites for hydroxylation is 1. The van der Waals surface area contributed by atoms with Crippen LogP contribution in [0.1, 0.15) is 24.0 Å². The molecule has 3 rings (SSSR count). The second-order valence-electron chi connectivity index (χ2n) is 6.21. The number of aliphatic hydroxyl groups is 1. The molecular formula is C18H18F2O4S. The van der Waals surface area contributed by atoms with Crippen molar-refractivity contribution in [2.24, 2.45) is 0 Å². The highest BCUT2D eigenvalue weighted by Gasteiger charge is 2.51. The second-order valence-corrected chi connectivity index (χ2v) is 8.47. The maximum absolute atomic E-state index is 14.5. The lowest BCUT2D eigenvalue weighted by Gasteiger charge is -2.39. The summed E-state index contributed by atoms with van der Waals surface area (Å²) in [6, 6.07) is 8.87. The van der Waals surface area contributed by atoms with Gasteiger partial charge in [0.2, 0.25) is 0 Å². The summed E-state index contributed by atoms with van der Waals surface area (Å²) < 4.78 is 58.2. The lowest BCUT2D eigenvalue weighted by molar-refractivity contribution is -0.134. The number of hydrogen-bond acceptors (Lipinski definition) is 4. The molecule has 1 fully saturated rings. The van der Waals surface area contributed by atoms with E-state index in [0.717, 1.165) is 23.8 Å². The summed E-state index contributed by atoms with van der Waals surface area (Å²) >= 11 is 0. The molecule has 0 aliphatic carbocycles. The lowest BCUT2D eigenvalue weighted by atomic mass is 9.89. The molecule has 0 bridgehead atoms. The van der Waals surface area contributed by atoms with Gasteiger partial charge in [0.15, 0.2) is 16.1 Å². The molecule has 1 heterocycles. The predicted octanol–water partition coefficient (Wildman–Crippen LogP) is 3.07. The van der Waals surface area contributed by atoms with E-state index in [1.54, 1.807) is 12.1 Å². The minimum absolute atomic E-state index is 0.00383. The van der Waals surface area contributed by atoms with Crippen LogP contribution in [-0.2, 0) is 19.3 Å². The molecule has 0 spiro atoms. The van der Waals surface area contributed by atoms with Gasteiger partial charge in [0.05, 0.1) is 11.5 Å². The van der Waals surface area contributed by atoms with Crippen LogP contribution in [-0.4, -0.2) is 26.4 Å². The Morgan fingerprint density at radius 1 is 1.16 bits per heavy atom. The van der Waals surface area contributed by atoms with Crippen molar-refractivity contribution in [3.8, 4) is 0 Å². The maximum Gasteiger partial charge on any atom is 0.188 e. The fraction of sp³-hybridized carbons (Fsp3) is 0.333. The van der Waals surface area contributed by atoms with Crippen LogP contribution in [0.5, 0.6) is 0 Å². The molecule has 1 saturated heterocycles. The molecule has 7 heteroatoms. The van der Waals surface area contributed by atoms with Crippen LogP contribution >= 0.6 is 0 Å². The first-order valence-corrected chi connectivity index (χ1v) is 9.31. The van der Waals surface area contributed by atoms with Gasteiger partial charge < -0.3 is 9.84 Å². The van der Waals surface area contributed by atoms with Crippen molar-refractivity contribution in [2.75, 3.05) is 6.61 Å². The minimum Gasteiger partial charge on any atom is -0.368 e. The zero-order chi connectivity index (χ0) is 18.2. The van der Waals surface area contributed by atoms with E-state index in [2.05, 4.69) is 0 Å². The van der Waals surface area contributed by atoms with Gasteiger partial charge >= 0.3 is 0 Å². The molecule has 1 aliphatic heterocycles. The highest BCUT2D eigenvalue weighted by atomic mass is 32.2. The Morgan fingerprint density at radius 2 is 1.84 bits per heavy atom. The average Bonchev–Trinajstić information content (AvgIpc) is 2.57. The van der Waals surface area contributed by atoms with Gasteiger partial charge in [-0.15, -0.1) is 0 Å². The van der Waals surface area contributed by atoms with E-state index in [4.69, 9.17) is 4.74 Å². The van der Waals surface area contributed by atoms with E-state index >= 15 is 0 Å². The van der Waals surface area contributed by atoms with E-state index in [9.17, 15) is 22.3 Å². The van der Waals surface area contributed by atoms with Crippen molar-refractivity contribution in [1.29, 1.82) is 0 Å². The summed E-state index contributed by atoms with van der Waals surface area (Å²) in [7, 11) is -4.11. The van der Waals surface area contributed by atoms with Crippen LogP contribution in [0.25, 0.3) is 0 Å². The number of ether oxygens (including phenoxy) is 1. The van der Waals surface area contributed by atoms with Gasteiger partial charge in [-0.2, -0.15) is 0 Å². The van der Waals surface area contributed by atoms with E-state index in [1.165, 1.54) is 12.1 Å². The third-order valence-electron chi connectivity index (χ3n) is 4.59. The van der Waals surface area contributed by atoms with Crippen LogP contribution in [0.3, 0.4) is 0 Å². The molecule has 25 heavy (non-hydrogen) atoms. The molecule has 134 valence electrons. The van der Waals surface area contributed by atoms with Gasteiger partial charge in [0, 0.05) is 12.0 Å². The Morgan fingerprint density at radius 3 is 2.48 bits per heavy atom. The first-order valence-electron chi connectivity index (χ1n) is 7.83. The molecule has 0 aromatic heterocycles. The topological polar surface area (TPSA) is 63.6 Å². The van der Waals surface area contributed by atoms with Crippen molar-refractivity contribution < 1.29 is 27.0 Å². The smallest absolute Gasteiger partial charge is 0.188 e. The van der Waals surface area contributed by atoms with Crippen LogP contribution in [0, 0.1) is 18.6 Å². The van der Waals surface area contributed by atoms with Gasteiger partial charge in [-0.1, -0.05) is 17.7 Å². The quantitative estimate of drug-likeness (QED) is 0.904. The molecule has 2 aromatic carbocycles. The maximum atomic E-state index is 14.5. The summed E-state index contributed by atoms with van der Waals surface area (Å²) in [5, 5.41) is 9.92. The van der Waals surface area contributed by atoms with Crippen molar-refractivity contribution in [3.63, 3.8) is 0 Å². The minimum atomic E-state index is -4.11. The molecule has 0 saturated carbocycles. The molecular weight excluding hydrogens is 350 g/mol. The summed E-state index contributed by atoms with van der Waals surface area (Å²) in [5.41, 5.74) is 0.590. The Bertz CT molecular complexity index is 880. The number of hydrogen-bond donors (Lipinski definition) is 1. The summed E-state index contributed by atoms with van der Waals surface area (Å²) in [4.78, 5) is -0.00383. The Kier molecular flexibility index (Phi) is 4.66. The van der Waals surface area contributed by atoms with Crippen molar-refractivity contribution in [3.05, 3.63) is 65.2 Å². The Hall–Kier alpha value is -1.83. The molecule has 1 aliphatic rings. The zero-order valence-electron chi connectivity index (χ0n) is 13.6. The standard InChI is InChI=1S/C18H18F2O4S/c1-12-2-5-14(6-3-12)25(22,23)18(8-9-24-17(21)11-18)15-10-13(19)4-7-16(15)20/h2-7,10,17,21H,8-9,11H2,1H3/t17?,18-/m0/s1. The summed E-state index contributed by atoms with van der Waals surface area (Å²) in [6.07, 6.45) is -1.83. The largest absolute Gasteiger partial charge is 0.368 e. The van der Waals surface area contributed by atoms with Crippen molar-refractivity contribution in [1.82, 2.24) is 0 Å². The second kappa shape index (κ2) is 6.48. The van der Waals surface area contributed by atoms with Gasteiger partial charge in [-0.05, 0) is 43.7 Å². The summed E-state index contributed by atoms with van der Waals surface area (Å²) in [6.45, 7) is 1.73. The monoisotopic (exact) mass is 368 g/mol. The van der Waals surface area contributed by atoms with Crippen molar-refractivity contribution in [2.45, 2.75) is 35.7 Å². The molecule has 2 atom stereocenters. The predicted molar refractivity (Wildman–Crippen MR) is 87.6 cm³/mol. The Balaban J connectivity index is 2.25. The van der Waals surface area contributed by atoms with E-state index in [-0.39, 0.29) is 29.9 Å². The highest BCUT2D eigenvalue weighted by Crippen LogP contribution is 2.46. The fourth-order valence-corrected chi connectivity index (χ4v) is 5.33. The third-order valence-corrected chi connectivity index (χ3v) is 7.10. The summed E-state index contributed by atoms with van der Waals surface area (Å²) in [5.74, 6) is -1.57. The molecule has 0 amide bonds. The molecule has 2 aromatic rings. The zero-order valence-corrected chi connectivity index (χ0v) is 14.4. The Labute approximate surface area is 145 Å². The highest BCUT2D eigenvalue weighted by molar-refractivity contribution is 7.92. The van der Waals surface area contributed by atoms with Gasteiger partial charge in [0.25, 0.3) is 0 Å². The van der Waals surface area contributed by atoms with Crippen LogP contribution in [0.2, 0.25) is 0 Å². The van der Waals surface area contributed by atoms with E-state index in [0.29, 0.717) is 0 Å². The van der Waals surface area contributed by atoms with E-state index in [1.807, 2.05) is 6.92 Å². The van der Waals surface area contributed by atoms with Gasteiger partial charge in [-0.3, -0.25) is 0 Å². The SMILES string of the molecule is Cc1ccc(S(=O)(=O)[C@@]2(c3cc(F)ccc3F)CCOC(O)C2)cc1. The van der Waals surface area contributed by atoms with Crippen molar-refractivity contribution >= 4 is 9.84 Å². The molecule has 4 nitrogen and oxygen atoms in total. The molecule has 1 N–H and O–H groups in total. The van der Waals surface area contributed by atoms with Crippen LogP contribution < -0.4 is 0 Å².